The lowest BCUT2D eigenvalue weighted by atomic mass is 9.86. The van der Waals surface area contributed by atoms with Gasteiger partial charge in [0.15, 0.2) is 6.61 Å². The normalized spacial score (nSPS) is 20.0. The summed E-state index contributed by atoms with van der Waals surface area (Å²) in [6.07, 6.45) is 5.73. The van der Waals surface area contributed by atoms with Gasteiger partial charge >= 0.3 is 6.03 Å². The summed E-state index contributed by atoms with van der Waals surface area (Å²) in [5.74, 6) is 0.240. The Morgan fingerprint density at radius 1 is 1.20 bits per heavy atom. The van der Waals surface area contributed by atoms with E-state index in [2.05, 4.69) is 27.5 Å². The van der Waals surface area contributed by atoms with E-state index in [0.29, 0.717) is 11.8 Å². The fourth-order valence-electron chi connectivity index (χ4n) is 3.13. The summed E-state index contributed by atoms with van der Waals surface area (Å²) in [6, 6.07) is 7.01. The first-order chi connectivity index (χ1) is 12.1. The zero-order valence-electron chi connectivity index (χ0n) is 14.2. The van der Waals surface area contributed by atoms with Crippen LogP contribution in [0.4, 0.5) is 4.79 Å². The summed E-state index contributed by atoms with van der Waals surface area (Å²) < 4.78 is 5.45. The zero-order valence-corrected chi connectivity index (χ0v) is 14.2. The maximum Gasteiger partial charge on any atom is 0.321 e. The Balaban J connectivity index is 1.51. The number of nitrogens with zero attached hydrogens (tertiary/aromatic N) is 2. The Kier molecular flexibility index (Phi) is 5.42. The van der Waals surface area contributed by atoms with Crippen molar-refractivity contribution >= 4 is 22.8 Å². The molecule has 2 unspecified atom stereocenters. The van der Waals surface area contributed by atoms with Gasteiger partial charge in [0.05, 0.1) is 10.9 Å². The smallest absolute Gasteiger partial charge is 0.321 e. The van der Waals surface area contributed by atoms with Crippen molar-refractivity contribution in [2.45, 2.75) is 38.6 Å². The lowest BCUT2D eigenvalue weighted by molar-refractivity contribution is -0.122. The van der Waals surface area contributed by atoms with Crippen LogP contribution in [0, 0.1) is 5.92 Å². The molecule has 0 bridgehead atoms. The minimum atomic E-state index is -0.511. The van der Waals surface area contributed by atoms with E-state index in [-0.39, 0.29) is 12.6 Å². The van der Waals surface area contributed by atoms with E-state index in [9.17, 15) is 9.59 Å². The number of urea groups is 1. The lowest BCUT2D eigenvalue weighted by Gasteiger charge is -2.29. The van der Waals surface area contributed by atoms with Crippen LogP contribution in [0.2, 0.25) is 0 Å². The number of ether oxygens (including phenoxy) is 1. The van der Waals surface area contributed by atoms with Gasteiger partial charge in [-0.2, -0.15) is 0 Å². The molecule has 2 N–H and O–H groups in total. The Bertz CT molecular complexity index is 760. The van der Waals surface area contributed by atoms with Crippen LogP contribution in [0.3, 0.4) is 0 Å². The molecule has 0 aliphatic heterocycles. The third-order valence-electron chi connectivity index (χ3n) is 4.53. The molecule has 1 aromatic heterocycles. The number of benzene rings is 1. The van der Waals surface area contributed by atoms with Crippen LogP contribution in [0.25, 0.3) is 10.9 Å². The summed E-state index contributed by atoms with van der Waals surface area (Å²) in [5, 5.41) is 5.90. The van der Waals surface area contributed by atoms with Crippen molar-refractivity contribution in [3.63, 3.8) is 0 Å². The van der Waals surface area contributed by atoms with Gasteiger partial charge in [-0.05, 0) is 30.9 Å². The van der Waals surface area contributed by atoms with Crippen LogP contribution in [-0.4, -0.2) is 34.6 Å². The first-order valence-corrected chi connectivity index (χ1v) is 8.56. The molecule has 1 aliphatic carbocycles. The number of carbonyl (C=O) groups is 2. The second-order valence-corrected chi connectivity index (χ2v) is 6.37. The number of aromatic nitrogens is 2. The van der Waals surface area contributed by atoms with Crippen molar-refractivity contribution < 1.29 is 14.3 Å². The number of imide groups is 1. The first-order valence-electron chi connectivity index (χ1n) is 8.56. The largest absolute Gasteiger partial charge is 0.467 e. The first kappa shape index (κ1) is 17.1. The van der Waals surface area contributed by atoms with Gasteiger partial charge in [0.2, 0.25) is 5.88 Å². The van der Waals surface area contributed by atoms with Gasteiger partial charge in [-0.15, -0.1) is 0 Å². The van der Waals surface area contributed by atoms with Crippen LogP contribution in [0.1, 0.15) is 32.6 Å². The average Bonchev–Trinajstić information content (AvgIpc) is 2.62. The number of hydrogen-bond acceptors (Lipinski definition) is 5. The van der Waals surface area contributed by atoms with Gasteiger partial charge in [0.25, 0.3) is 5.91 Å². The van der Waals surface area contributed by atoms with E-state index in [0.717, 1.165) is 30.2 Å². The predicted octanol–water partition coefficient (Wildman–Crippen LogP) is 2.41. The number of para-hydroxylation sites is 1. The highest BCUT2D eigenvalue weighted by atomic mass is 16.5. The minimum absolute atomic E-state index is 0.119. The highest BCUT2D eigenvalue weighted by Crippen LogP contribution is 2.23. The Morgan fingerprint density at radius 2 is 2.00 bits per heavy atom. The van der Waals surface area contributed by atoms with Crippen molar-refractivity contribution in [1.29, 1.82) is 0 Å². The van der Waals surface area contributed by atoms with Gasteiger partial charge in [0.1, 0.15) is 6.33 Å². The molecule has 1 heterocycles. The van der Waals surface area contributed by atoms with Crippen molar-refractivity contribution in [1.82, 2.24) is 20.6 Å². The SMILES string of the molecule is CC1CCCCC1NC(=O)NC(=O)COc1ncnc2ccccc12. The van der Waals surface area contributed by atoms with E-state index in [1.54, 1.807) is 0 Å². The molecule has 3 amide bonds. The number of fused-ring (bicyclic) bond motifs is 1. The van der Waals surface area contributed by atoms with Crippen molar-refractivity contribution in [3.8, 4) is 5.88 Å². The van der Waals surface area contributed by atoms with Crippen molar-refractivity contribution in [3.05, 3.63) is 30.6 Å². The summed E-state index contributed by atoms with van der Waals surface area (Å²) >= 11 is 0. The molecule has 1 aromatic carbocycles. The standard InChI is InChI=1S/C18H22N4O3/c1-12-6-2-4-8-14(12)21-18(24)22-16(23)10-25-17-13-7-3-5-9-15(13)19-11-20-17/h3,5,7,9,11-12,14H,2,4,6,8,10H2,1H3,(H2,21,22,23,24). The fourth-order valence-corrected chi connectivity index (χ4v) is 3.13. The van der Waals surface area contributed by atoms with Crippen LogP contribution in [0.5, 0.6) is 5.88 Å². The minimum Gasteiger partial charge on any atom is -0.467 e. The summed E-state index contributed by atoms with van der Waals surface area (Å²) in [4.78, 5) is 32.1. The number of hydrogen-bond donors (Lipinski definition) is 2. The van der Waals surface area contributed by atoms with E-state index in [1.807, 2.05) is 24.3 Å². The molecule has 0 radical (unpaired) electrons. The maximum atomic E-state index is 12.0. The third kappa shape index (κ3) is 4.43. The quantitative estimate of drug-likeness (QED) is 0.890. The number of nitrogens with one attached hydrogen (secondary N) is 2. The van der Waals surface area contributed by atoms with E-state index in [4.69, 9.17) is 4.74 Å². The molecule has 7 nitrogen and oxygen atoms in total. The predicted molar refractivity (Wildman–Crippen MR) is 93.1 cm³/mol. The van der Waals surface area contributed by atoms with Crippen molar-refractivity contribution in [2.75, 3.05) is 6.61 Å². The second-order valence-electron chi connectivity index (χ2n) is 6.37. The monoisotopic (exact) mass is 342 g/mol. The molecule has 7 heteroatoms. The molecular formula is C18H22N4O3. The Hall–Kier alpha value is -2.70. The zero-order chi connectivity index (χ0) is 17.6. The van der Waals surface area contributed by atoms with E-state index < -0.39 is 11.9 Å². The number of amides is 3. The highest BCUT2D eigenvalue weighted by Gasteiger charge is 2.23. The molecule has 0 spiro atoms. The molecule has 2 aromatic rings. The van der Waals surface area contributed by atoms with Gasteiger partial charge in [0, 0.05) is 6.04 Å². The van der Waals surface area contributed by atoms with Crippen LogP contribution >= 0.6 is 0 Å². The number of rotatable bonds is 4. The van der Waals surface area contributed by atoms with Gasteiger partial charge in [-0.25, -0.2) is 14.8 Å². The molecule has 132 valence electrons. The van der Waals surface area contributed by atoms with Crippen LogP contribution in [0.15, 0.2) is 30.6 Å². The van der Waals surface area contributed by atoms with Crippen LogP contribution < -0.4 is 15.4 Å². The topological polar surface area (TPSA) is 93.2 Å². The van der Waals surface area contributed by atoms with Gasteiger partial charge in [-0.3, -0.25) is 10.1 Å². The van der Waals surface area contributed by atoms with Gasteiger partial charge < -0.3 is 10.1 Å². The maximum absolute atomic E-state index is 12.0. The van der Waals surface area contributed by atoms with E-state index in [1.165, 1.54) is 12.7 Å². The molecule has 1 fully saturated rings. The van der Waals surface area contributed by atoms with Crippen molar-refractivity contribution in [2.24, 2.45) is 5.92 Å². The van der Waals surface area contributed by atoms with Crippen LogP contribution in [-0.2, 0) is 4.79 Å². The average molecular weight is 342 g/mol. The summed E-state index contributed by atoms with van der Waals surface area (Å²) in [5.41, 5.74) is 0.733. The molecule has 3 rings (SSSR count). The van der Waals surface area contributed by atoms with E-state index >= 15 is 0 Å². The molecule has 0 saturated heterocycles. The molecule has 1 saturated carbocycles. The fraction of sp³-hybridized carbons (Fsp3) is 0.444. The highest BCUT2D eigenvalue weighted by molar-refractivity contribution is 5.95. The second kappa shape index (κ2) is 7.92. The molecule has 1 aliphatic rings. The molecular weight excluding hydrogens is 320 g/mol. The lowest BCUT2D eigenvalue weighted by Crippen LogP contribution is -2.48. The van der Waals surface area contributed by atoms with Gasteiger partial charge in [-0.1, -0.05) is 31.9 Å². The summed E-state index contributed by atoms with van der Waals surface area (Å²) in [7, 11) is 0. The molecule has 2 atom stereocenters. The summed E-state index contributed by atoms with van der Waals surface area (Å²) in [6.45, 7) is 1.84. The number of carbonyl (C=O) groups excluding carboxylic acids is 2. The third-order valence-corrected chi connectivity index (χ3v) is 4.53. The Labute approximate surface area is 146 Å². The Morgan fingerprint density at radius 3 is 2.84 bits per heavy atom. The molecule has 25 heavy (non-hydrogen) atoms.